The molecular formula is C36H42ClF3N4O5S2. The van der Waals surface area contributed by atoms with Crippen LogP contribution in [0, 0.1) is 17.5 Å². The lowest BCUT2D eigenvalue weighted by Gasteiger charge is -2.29. The summed E-state index contributed by atoms with van der Waals surface area (Å²) >= 11 is 7.27. The summed E-state index contributed by atoms with van der Waals surface area (Å²) in [4.78, 5) is 15.8. The SMILES string of the molecule is COc1cc(C(C)(C)c2cnc(SCc3c(F)cc(S(=O)(=O)N(C)[C@H](CCCC[N+](C)(C)C)C(=O)[O-])cc3F)n2-c2ccc(F)cc2)ccc1Cl. The van der Waals surface area contributed by atoms with Gasteiger partial charge >= 0.3 is 0 Å². The van der Waals surface area contributed by atoms with E-state index in [1.807, 2.05) is 41.1 Å². The van der Waals surface area contributed by atoms with Gasteiger partial charge in [-0.2, -0.15) is 4.31 Å². The van der Waals surface area contributed by atoms with Crippen LogP contribution in [-0.4, -0.2) is 80.6 Å². The molecule has 0 unspecified atom stereocenters. The van der Waals surface area contributed by atoms with Crippen LogP contribution in [0.15, 0.2) is 70.8 Å². The van der Waals surface area contributed by atoms with Crippen molar-refractivity contribution in [2.45, 2.75) is 60.4 Å². The molecule has 0 radical (unpaired) electrons. The van der Waals surface area contributed by atoms with Crippen LogP contribution in [-0.2, 0) is 26.0 Å². The van der Waals surface area contributed by atoms with E-state index in [0.717, 1.165) is 30.9 Å². The summed E-state index contributed by atoms with van der Waals surface area (Å²) in [5, 5.41) is 12.7. The zero-order valence-corrected chi connectivity index (χ0v) is 31.9. The Morgan fingerprint density at radius 2 is 1.69 bits per heavy atom. The first-order valence-electron chi connectivity index (χ1n) is 16.1. The van der Waals surface area contributed by atoms with Gasteiger partial charge in [-0.05, 0) is 73.4 Å². The lowest BCUT2D eigenvalue weighted by molar-refractivity contribution is -0.870. The Kier molecular flexibility index (Phi) is 12.6. The van der Waals surface area contributed by atoms with Crippen LogP contribution in [0.25, 0.3) is 5.69 Å². The number of carboxylic acids is 1. The van der Waals surface area contributed by atoms with E-state index < -0.39 is 55.4 Å². The first-order chi connectivity index (χ1) is 23.8. The van der Waals surface area contributed by atoms with Gasteiger partial charge in [-0.25, -0.2) is 26.6 Å². The topological polar surface area (TPSA) is 105 Å². The number of methoxy groups -OCH3 is 1. The summed E-state index contributed by atoms with van der Waals surface area (Å²) in [7, 11) is 3.90. The fourth-order valence-corrected chi connectivity index (χ4v) is 8.19. The number of rotatable bonds is 16. The van der Waals surface area contributed by atoms with Gasteiger partial charge < -0.3 is 19.1 Å². The highest BCUT2D eigenvalue weighted by atomic mass is 35.5. The molecule has 276 valence electrons. The third-order valence-electron chi connectivity index (χ3n) is 8.73. The molecule has 1 heterocycles. The highest BCUT2D eigenvalue weighted by molar-refractivity contribution is 7.98. The molecule has 0 N–H and O–H groups in total. The number of carboxylic acid groups (broad SMARTS) is 1. The number of halogens is 4. The molecule has 1 aromatic heterocycles. The largest absolute Gasteiger partial charge is 0.548 e. The van der Waals surface area contributed by atoms with Crippen LogP contribution >= 0.6 is 23.4 Å². The van der Waals surface area contributed by atoms with Crippen molar-refractivity contribution in [1.82, 2.24) is 13.9 Å². The van der Waals surface area contributed by atoms with Crippen molar-refractivity contribution in [3.63, 3.8) is 0 Å². The summed E-state index contributed by atoms with van der Waals surface area (Å²) in [6.45, 7) is 4.65. The third-order valence-corrected chi connectivity index (χ3v) is 11.9. The number of quaternary nitrogens is 1. The molecule has 4 aromatic rings. The minimum Gasteiger partial charge on any atom is -0.548 e. The first kappa shape index (κ1) is 40.2. The number of carbonyl (C=O) groups excluding carboxylic acids is 1. The molecule has 0 amide bonds. The number of ether oxygens (including phenoxy) is 1. The van der Waals surface area contributed by atoms with E-state index >= 15 is 8.78 Å². The van der Waals surface area contributed by atoms with E-state index in [2.05, 4.69) is 4.98 Å². The van der Waals surface area contributed by atoms with Gasteiger partial charge in [0.1, 0.15) is 23.2 Å². The van der Waals surface area contributed by atoms with Crippen LogP contribution in [0.2, 0.25) is 5.02 Å². The van der Waals surface area contributed by atoms with Gasteiger partial charge in [0.25, 0.3) is 0 Å². The molecule has 0 spiro atoms. The van der Waals surface area contributed by atoms with Crippen LogP contribution in [0.4, 0.5) is 13.2 Å². The Balaban J connectivity index is 1.64. The van der Waals surface area contributed by atoms with Crippen molar-refractivity contribution in [3.8, 4) is 11.4 Å². The highest BCUT2D eigenvalue weighted by Crippen LogP contribution is 2.39. The molecule has 0 aliphatic carbocycles. The number of benzene rings is 3. The fraction of sp³-hybridized carbons (Fsp3) is 0.389. The molecule has 3 aromatic carbocycles. The zero-order chi connectivity index (χ0) is 37.9. The molecule has 51 heavy (non-hydrogen) atoms. The molecule has 9 nitrogen and oxygen atoms in total. The van der Waals surface area contributed by atoms with Gasteiger partial charge in [0.2, 0.25) is 10.0 Å². The average molecular weight is 767 g/mol. The van der Waals surface area contributed by atoms with Crippen LogP contribution in [0.3, 0.4) is 0 Å². The maximum Gasteiger partial charge on any atom is 0.243 e. The van der Waals surface area contributed by atoms with Gasteiger partial charge in [0.05, 0.1) is 68.6 Å². The number of hydrogen-bond donors (Lipinski definition) is 0. The van der Waals surface area contributed by atoms with Crippen molar-refractivity contribution in [2.24, 2.45) is 0 Å². The second-order valence-corrected chi connectivity index (χ2v) is 17.1. The minimum atomic E-state index is -4.61. The fourth-order valence-electron chi connectivity index (χ4n) is 5.62. The number of aliphatic carboxylic acids is 1. The standard InChI is InChI=1S/C36H42ClF3N4O5S2/c1-36(2,23-11-16-28(37)32(18-23)49-7)33-21-41-35(43(33)25-14-12-24(38)13-15-25)50-22-27-29(39)19-26(20-30(27)40)51(47,48)42(3)31(34(45)46)10-8-9-17-44(4,5)6/h11-16,18-21,31H,8-10,17,22H2,1-7H3/t31-/m1/s1. The average Bonchev–Trinajstić information content (AvgIpc) is 3.48. The smallest absolute Gasteiger partial charge is 0.243 e. The van der Waals surface area contributed by atoms with Crippen molar-refractivity contribution in [3.05, 3.63) is 100 Å². The van der Waals surface area contributed by atoms with Crippen LogP contribution in [0.5, 0.6) is 5.75 Å². The number of thioether (sulfide) groups is 1. The molecule has 15 heteroatoms. The summed E-state index contributed by atoms with van der Waals surface area (Å²) in [6.07, 6.45) is 2.65. The van der Waals surface area contributed by atoms with Crippen LogP contribution < -0.4 is 9.84 Å². The van der Waals surface area contributed by atoms with Gasteiger partial charge in [-0.15, -0.1) is 0 Å². The Morgan fingerprint density at radius 3 is 2.25 bits per heavy atom. The zero-order valence-electron chi connectivity index (χ0n) is 29.5. The summed E-state index contributed by atoms with van der Waals surface area (Å²) in [6, 6.07) is 10.9. The molecular weight excluding hydrogens is 725 g/mol. The summed E-state index contributed by atoms with van der Waals surface area (Å²) in [5.41, 5.74) is 0.922. The highest BCUT2D eigenvalue weighted by Gasteiger charge is 2.32. The Bertz CT molecular complexity index is 1960. The predicted molar refractivity (Wildman–Crippen MR) is 190 cm³/mol. The number of likely N-dealkylation sites (N-methyl/N-ethyl adjacent to an activating group) is 1. The van der Waals surface area contributed by atoms with E-state index in [4.69, 9.17) is 16.3 Å². The molecule has 0 saturated carbocycles. The minimum absolute atomic E-state index is 0.0250. The van der Waals surface area contributed by atoms with Crippen molar-refractivity contribution in [1.29, 1.82) is 0 Å². The second-order valence-electron chi connectivity index (χ2n) is 13.7. The molecule has 0 aliphatic heterocycles. The molecule has 0 fully saturated rings. The number of imidazole rings is 1. The van der Waals surface area contributed by atoms with Crippen LogP contribution in [0.1, 0.15) is 49.9 Å². The Hall–Kier alpha value is -3.56. The number of unbranched alkanes of at least 4 members (excludes halogenated alkanes) is 1. The lowest BCUT2D eigenvalue weighted by Crippen LogP contribution is -2.48. The van der Waals surface area contributed by atoms with Gasteiger partial charge in [-0.1, -0.05) is 43.3 Å². The number of aromatic nitrogens is 2. The molecule has 1 atom stereocenters. The molecule has 0 saturated heterocycles. The van der Waals surface area contributed by atoms with E-state index in [1.165, 1.54) is 19.2 Å². The van der Waals surface area contributed by atoms with Gasteiger partial charge in [-0.3, -0.25) is 4.57 Å². The quantitative estimate of drug-likeness (QED) is 0.0762. The van der Waals surface area contributed by atoms with Crippen molar-refractivity contribution < 1.29 is 40.7 Å². The normalized spacial score (nSPS) is 13.1. The summed E-state index contributed by atoms with van der Waals surface area (Å²) in [5.74, 6) is -4.12. The van der Waals surface area contributed by atoms with Gasteiger partial charge in [0.15, 0.2) is 5.16 Å². The van der Waals surface area contributed by atoms with E-state index in [1.54, 1.807) is 35.0 Å². The van der Waals surface area contributed by atoms with E-state index in [-0.39, 0.29) is 12.2 Å². The molecule has 4 rings (SSSR count). The third kappa shape index (κ3) is 9.28. The number of nitrogens with zero attached hydrogens (tertiary/aromatic N) is 4. The van der Waals surface area contributed by atoms with Crippen molar-refractivity contribution >= 4 is 39.4 Å². The molecule has 0 bridgehead atoms. The summed E-state index contributed by atoms with van der Waals surface area (Å²) < 4.78 is 80.3. The number of hydrogen-bond acceptors (Lipinski definition) is 7. The second kappa shape index (κ2) is 16.0. The number of sulfonamides is 1. The van der Waals surface area contributed by atoms with E-state index in [0.29, 0.717) is 61.1 Å². The molecule has 0 aliphatic rings. The Morgan fingerprint density at radius 1 is 1.06 bits per heavy atom. The monoisotopic (exact) mass is 766 g/mol. The maximum absolute atomic E-state index is 15.6. The van der Waals surface area contributed by atoms with E-state index in [9.17, 15) is 22.7 Å². The number of carbonyl (C=O) groups is 1. The first-order valence-corrected chi connectivity index (χ1v) is 18.9. The Labute approximate surface area is 306 Å². The van der Waals surface area contributed by atoms with Crippen molar-refractivity contribution in [2.75, 3.05) is 41.8 Å². The van der Waals surface area contributed by atoms with Gasteiger partial charge in [0, 0.05) is 29.5 Å². The predicted octanol–water partition coefficient (Wildman–Crippen LogP) is 6.19. The maximum atomic E-state index is 15.6. The lowest BCUT2D eigenvalue weighted by atomic mass is 9.81.